The Morgan fingerprint density at radius 3 is 2.68 bits per heavy atom. The van der Waals surface area contributed by atoms with Crippen LogP contribution >= 0.6 is 23.2 Å². The minimum absolute atomic E-state index is 0.0260. The van der Waals surface area contributed by atoms with Crippen molar-refractivity contribution in [3.63, 3.8) is 0 Å². The first kappa shape index (κ1) is 14.9. The van der Waals surface area contributed by atoms with Crippen molar-refractivity contribution in [1.82, 2.24) is 4.72 Å². The predicted molar refractivity (Wildman–Crippen MR) is 78.2 cm³/mol. The second-order valence-corrected chi connectivity index (χ2v) is 7.09. The van der Waals surface area contributed by atoms with E-state index in [1.165, 1.54) is 18.6 Å². The topological polar surface area (TPSA) is 46.2 Å². The van der Waals surface area contributed by atoms with Crippen LogP contribution in [0.25, 0.3) is 0 Å². The third kappa shape index (κ3) is 3.96. The lowest BCUT2D eigenvalue weighted by Gasteiger charge is -2.14. The number of allylic oxidation sites excluding steroid dienone is 1. The van der Waals surface area contributed by atoms with Crippen LogP contribution in [0, 0.1) is 0 Å². The first-order valence-electron chi connectivity index (χ1n) is 6.12. The molecule has 0 amide bonds. The van der Waals surface area contributed by atoms with Crippen LogP contribution in [-0.2, 0) is 10.0 Å². The highest BCUT2D eigenvalue weighted by atomic mass is 35.5. The molecule has 1 aromatic rings. The van der Waals surface area contributed by atoms with Crippen molar-refractivity contribution < 1.29 is 8.42 Å². The lowest BCUT2D eigenvalue weighted by Crippen LogP contribution is -2.26. The van der Waals surface area contributed by atoms with E-state index in [-0.39, 0.29) is 9.92 Å². The van der Waals surface area contributed by atoms with E-state index in [9.17, 15) is 8.42 Å². The van der Waals surface area contributed by atoms with Gasteiger partial charge in [-0.15, -0.1) is 0 Å². The van der Waals surface area contributed by atoms with Gasteiger partial charge in [-0.1, -0.05) is 34.9 Å². The van der Waals surface area contributed by atoms with Crippen molar-refractivity contribution in [2.45, 2.75) is 30.6 Å². The molecule has 0 saturated carbocycles. The maximum atomic E-state index is 12.2. The molecule has 0 atom stereocenters. The highest BCUT2D eigenvalue weighted by molar-refractivity contribution is 7.89. The van der Waals surface area contributed by atoms with Gasteiger partial charge < -0.3 is 0 Å². The molecule has 0 fully saturated rings. The molecular formula is C13H15Cl2NO2S. The van der Waals surface area contributed by atoms with Crippen LogP contribution in [-0.4, -0.2) is 15.0 Å². The summed E-state index contributed by atoms with van der Waals surface area (Å²) in [6, 6.07) is 4.41. The lowest BCUT2D eigenvalue weighted by atomic mass is 10.0. The molecule has 0 aromatic heterocycles. The first-order valence-corrected chi connectivity index (χ1v) is 8.35. The lowest BCUT2D eigenvalue weighted by molar-refractivity contribution is 0.582. The molecule has 0 aliphatic heterocycles. The third-order valence-corrected chi connectivity index (χ3v) is 5.17. The molecule has 19 heavy (non-hydrogen) atoms. The quantitative estimate of drug-likeness (QED) is 0.858. The molecule has 2 rings (SSSR count). The molecule has 0 unspecified atom stereocenters. The smallest absolute Gasteiger partial charge is 0.207 e. The third-order valence-electron chi connectivity index (χ3n) is 3.06. The Hall–Kier alpha value is -0.550. The summed E-state index contributed by atoms with van der Waals surface area (Å²) in [4.78, 5) is 0.0260. The molecule has 0 bridgehead atoms. The maximum Gasteiger partial charge on any atom is 0.242 e. The van der Waals surface area contributed by atoms with Crippen LogP contribution in [0.4, 0.5) is 0 Å². The van der Waals surface area contributed by atoms with E-state index in [1.807, 2.05) is 0 Å². The molecule has 1 N–H and O–H groups in total. The number of hydrogen-bond acceptors (Lipinski definition) is 2. The van der Waals surface area contributed by atoms with Gasteiger partial charge in [0.25, 0.3) is 0 Å². The summed E-state index contributed by atoms with van der Waals surface area (Å²) in [7, 11) is -3.62. The molecule has 1 aromatic carbocycles. The second kappa shape index (κ2) is 6.27. The van der Waals surface area contributed by atoms with Gasteiger partial charge in [0.15, 0.2) is 0 Å². The summed E-state index contributed by atoms with van der Waals surface area (Å²) >= 11 is 11.7. The first-order chi connectivity index (χ1) is 8.99. The van der Waals surface area contributed by atoms with E-state index in [0.29, 0.717) is 11.6 Å². The molecule has 6 heteroatoms. The number of halogens is 2. The van der Waals surface area contributed by atoms with Gasteiger partial charge in [0.05, 0.1) is 5.02 Å². The van der Waals surface area contributed by atoms with Gasteiger partial charge in [-0.05, 0) is 43.9 Å². The molecule has 1 aliphatic carbocycles. The zero-order chi connectivity index (χ0) is 13.9. The van der Waals surface area contributed by atoms with Crippen molar-refractivity contribution in [3.05, 3.63) is 39.9 Å². The SMILES string of the molecule is O=S(=O)(NCC1=CCCCC1)c1cc(Cl)ccc1Cl. The average molecular weight is 320 g/mol. The van der Waals surface area contributed by atoms with Crippen LogP contribution in [0.3, 0.4) is 0 Å². The molecule has 1 aliphatic rings. The van der Waals surface area contributed by atoms with Gasteiger partial charge in [0, 0.05) is 11.6 Å². The zero-order valence-corrected chi connectivity index (χ0v) is 12.7. The van der Waals surface area contributed by atoms with Gasteiger partial charge in [0.1, 0.15) is 4.90 Å². The van der Waals surface area contributed by atoms with Gasteiger partial charge >= 0.3 is 0 Å². The molecule has 3 nitrogen and oxygen atoms in total. The van der Waals surface area contributed by atoms with Crippen molar-refractivity contribution in [2.24, 2.45) is 0 Å². The number of hydrogen-bond donors (Lipinski definition) is 1. The Balaban J connectivity index is 2.13. The largest absolute Gasteiger partial charge is 0.242 e. The summed E-state index contributed by atoms with van der Waals surface area (Å²) in [6.45, 7) is 0.338. The fraction of sp³-hybridized carbons (Fsp3) is 0.385. The molecule has 104 valence electrons. The summed E-state index contributed by atoms with van der Waals surface area (Å²) in [5, 5.41) is 0.524. The number of benzene rings is 1. The number of sulfonamides is 1. The molecule has 0 radical (unpaired) electrons. The van der Waals surface area contributed by atoms with E-state index in [0.717, 1.165) is 24.8 Å². The van der Waals surface area contributed by atoms with Crippen LogP contribution < -0.4 is 4.72 Å². The second-order valence-electron chi connectivity index (χ2n) is 4.51. The van der Waals surface area contributed by atoms with E-state index in [1.54, 1.807) is 6.07 Å². The Bertz CT molecular complexity index is 597. The van der Waals surface area contributed by atoms with E-state index in [2.05, 4.69) is 10.8 Å². The molecule has 0 heterocycles. The van der Waals surface area contributed by atoms with Gasteiger partial charge in [-0.3, -0.25) is 0 Å². The van der Waals surface area contributed by atoms with Crippen molar-refractivity contribution >= 4 is 33.2 Å². The van der Waals surface area contributed by atoms with Crippen LogP contribution in [0.2, 0.25) is 10.0 Å². The van der Waals surface area contributed by atoms with E-state index >= 15 is 0 Å². The Morgan fingerprint density at radius 2 is 2.00 bits per heavy atom. The fourth-order valence-corrected chi connectivity index (χ4v) is 3.81. The minimum Gasteiger partial charge on any atom is -0.207 e. The maximum absolute atomic E-state index is 12.2. The van der Waals surface area contributed by atoms with Crippen LogP contribution in [0.5, 0.6) is 0 Å². The highest BCUT2D eigenvalue weighted by Crippen LogP contribution is 2.25. The Kier molecular flexibility index (Phi) is 4.90. The zero-order valence-electron chi connectivity index (χ0n) is 10.3. The standard InChI is InChI=1S/C13H15Cl2NO2S/c14-11-6-7-12(15)13(8-11)19(17,18)16-9-10-4-2-1-3-5-10/h4,6-8,16H,1-3,5,9H2. The van der Waals surface area contributed by atoms with Crippen LogP contribution in [0.1, 0.15) is 25.7 Å². The molecule has 0 spiro atoms. The fourth-order valence-electron chi connectivity index (χ4n) is 2.01. The van der Waals surface area contributed by atoms with Gasteiger partial charge in [-0.25, -0.2) is 13.1 Å². The van der Waals surface area contributed by atoms with Crippen molar-refractivity contribution in [3.8, 4) is 0 Å². The molecule has 0 saturated heterocycles. The van der Waals surface area contributed by atoms with Crippen molar-refractivity contribution in [2.75, 3.05) is 6.54 Å². The monoisotopic (exact) mass is 319 g/mol. The summed E-state index contributed by atoms with van der Waals surface area (Å²) < 4.78 is 26.9. The molecular weight excluding hydrogens is 305 g/mol. The summed E-state index contributed by atoms with van der Waals surface area (Å²) in [5.41, 5.74) is 1.13. The summed E-state index contributed by atoms with van der Waals surface area (Å²) in [6.07, 6.45) is 6.37. The number of rotatable bonds is 4. The minimum atomic E-state index is -3.62. The highest BCUT2D eigenvalue weighted by Gasteiger charge is 2.18. The predicted octanol–water partition coefficient (Wildman–Crippen LogP) is 3.77. The number of nitrogens with one attached hydrogen (secondary N) is 1. The van der Waals surface area contributed by atoms with E-state index < -0.39 is 10.0 Å². The van der Waals surface area contributed by atoms with E-state index in [4.69, 9.17) is 23.2 Å². The Morgan fingerprint density at radius 1 is 1.21 bits per heavy atom. The van der Waals surface area contributed by atoms with Gasteiger partial charge in [-0.2, -0.15) is 0 Å². The van der Waals surface area contributed by atoms with Gasteiger partial charge in [0.2, 0.25) is 10.0 Å². The van der Waals surface area contributed by atoms with Crippen LogP contribution in [0.15, 0.2) is 34.7 Å². The van der Waals surface area contributed by atoms with Crippen molar-refractivity contribution in [1.29, 1.82) is 0 Å². The Labute approximate surface area is 123 Å². The average Bonchev–Trinajstić information content (AvgIpc) is 2.40. The normalized spacial score (nSPS) is 16.2. The summed E-state index contributed by atoms with van der Waals surface area (Å²) in [5.74, 6) is 0.